The summed E-state index contributed by atoms with van der Waals surface area (Å²) in [5.41, 5.74) is 0.536. The van der Waals surface area contributed by atoms with Crippen molar-refractivity contribution in [1.29, 1.82) is 0 Å². The molecule has 1 rings (SSSR count). The third-order valence-corrected chi connectivity index (χ3v) is 2.31. The maximum atomic E-state index is 11.6. The van der Waals surface area contributed by atoms with E-state index in [4.69, 9.17) is 17.0 Å². The highest BCUT2D eigenvalue weighted by Crippen LogP contribution is 2.00. The summed E-state index contributed by atoms with van der Waals surface area (Å²) in [6.45, 7) is 0.276. The number of carbonyl (C=O) groups excluding carboxylic acids is 1. The Labute approximate surface area is 99.4 Å². The van der Waals surface area contributed by atoms with Crippen molar-refractivity contribution in [3.8, 4) is 0 Å². The Balaban J connectivity index is 2.34. The van der Waals surface area contributed by atoms with Crippen molar-refractivity contribution in [2.75, 3.05) is 20.7 Å². The molecule has 1 aromatic rings. The van der Waals surface area contributed by atoms with Gasteiger partial charge in [0.25, 0.3) is 5.17 Å². The number of hydrogen-bond acceptors (Lipinski definition) is 5. The molecule has 0 radical (unpaired) electrons. The van der Waals surface area contributed by atoms with Crippen LogP contribution < -0.4 is 0 Å². The van der Waals surface area contributed by atoms with E-state index in [2.05, 4.69) is 10.2 Å². The quantitative estimate of drug-likeness (QED) is 0.575. The molecule has 0 aromatic carbocycles. The van der Waals surface area contributed by atoms with E-state index >= 15 is 0 Å². The van der Waals surface area contributed by atoms with Crippen LogP contribution in [-0.4, -0.2) is 46.8 Å². The molecular weight excluding hydrogens is 226 g/mol. The average Bonchev–Trinajstić information content (AvgIpc) is 2.29. The normalized spacial score (nSPS) is 9.62. The lowest BCUT2D eigenvalue weighted by molar-refractivity contribution is 0.0956. The molecule has 1 aromatic heterocycles. The molecule has 0 spiro atoms. The predicted octanol–water partition coefficient (Wildman–Crippen LogP) is 0.912. The monoisotopic (exact) mass is 239 g/mol. The second-order valence-electron chi connectivity index (χ2n) is 3.31. The Hall–Kier alpha value is -1.56. The zero-order valence-electron chi connectivity index (χ0n) is 9.21. The first-order chi connectivity index (χ1) is 7.61. The van der Waals surface area contributed by atoms with E-state index < -0.39 is 0 Å². The number of Topliss-reactive ketones (excluding diaryl/α,β-unsaturated/α-hetero) is 1. The van der Waals surface area contributed by atoms with Gasteiger partial charge in [-0.3, -0.25) is 4.79 Å². The fourth-order valence-corrected chi connectivity index (χ4v) is 1.04. The number of aromatic nitrogens is 2. The molecule has 5 nitrogen and oxygen atoms in total. The van der Waals surface area contributed by atoms with Gasteiger partial charge in [0.1, 0.15) is 0 Å². The lowest BCUT2D eigenvalue weighted by Gasteiger charge is -2.13. The van der Waals surface area contributed by atoms with Crippen LogP contribution in [0.1, 0.15) is 16.8 Å². The summed E-state index contributed by atoms with van der Waals surface area (Å²) in [5.74, 6) is -0.0311. The van der Waals surface area contributed by atoms with Gasteiger partial charge >= 0.3 is 0 Å². The van der Waals surface area contributed by atoms with Crippen molar-refractivity contribution in [1.82, 2.24) is 15.1 Å². The molecule has 0 N–H and O–H groups in total. The van der Waals surface area contributed by atoms with Crippen LogP contribution in [0.4, 0.5) is 0 Å². The highest BCUT2D eigenvalue weighted by Gasteiger charge is 2.07. The van der Waals surface area contributed by atoms with Crippen molar-refractivity contribution in [3.63, 3.8) is 0 Å². The van der Waals surface area contributed by atoms with E-state index in [1.807, 2.05) is 0 Å². The summed E-state index contributed by atoms with van der Waals surface area (Å²) in [6.07, 6.45) is 3.20. The molecule has 0 bridgehead atoms. The minimum absolute atomic E-state index is 0.0311. The second kappa shape index (κ2) is 6.12. The molecule has 1 heterocycles. The van der Waals surface area contributed by atoms with Crippen molar-refractivity contribution >= 4 is 23.2 Å². The molecule has 0 saturated heterocycles. The van der Waals surface area contributed by atoms with Crippen LogP contribution in [0.25, 0.3) is 0 Å². The van der Waals surface area contributed by atoms with E-state index in [0.717, 1.165) is 0 Å². The molecule has 16 heavy (non-hydrogen) atoms. The Morgan fingerprint density at radius 3 is 2.81 bits per heavy atom. The van der Waals surface area contributed by atoms with Gasteiger partial charge in [0.05, 0.1) is 19.0 Å². The number of ketones is 1. The highest BCUT2D eigenvalue weighted by molar-refractivity contribution is 7.80. The fourth-order valence-electron chi connectivity index (χ4n) is 0.960. The summed E-state index contributed by atoms with van der Waals surface area (Å²) in [6, 6.07) is 1.62. The van der Waals surface area contributed by atoms with Gasteiger partial charge in [-0.15, -0.1) is 0 Å². The van der Waals surface area contributed by atoms with E-state index in [0.29, 0.717) is 10.7 Å². The van der Waals surface area contributed by atoms with Crippen LogP contribution in [0.2, 0.25) is 0 Å². The lowest BCUT2D eigenvalue weighted by atomic mass is 10.1. The first-order valence-corrected chi connectivity index (χ1v) is 5.16. The molecule has 0 aliphatic rings. The second-order valence-corrected chi connectivity index (χ2v) is 3.66. The molecule has 0 saturated carbocycles. The predicted molar refractivity (Wildman–Crippen MR) is 63.2 cm³/mol. The van der Waals surface area contributed by atoms with Crippen LogP contribution in [-0.2, 0) is 4.74 Å². The molecule has 0 aliphatic carbocycles. The molecular formula is C10H13N3O2S. The first kappa shape index (κ1) is 12.5. The van der Waals surface area contributed by atoms with Gasteiger partial charge in [0.15, 0.2) is 5.78 Å². The molecule has 86 valence electrons. The summed E-state index contributed by atoms with van der Waals surface area (Å²) in [5, 5.41) is 7.61. The SMILES string of the molecule is CN(C)C(=S)OCCC(=O)c1ccnnc1. The van der Waals surface area contributed by atoms with Crippen LogP contribution in [0.5, 0.6) is 0 Å². The van der Waals surface area contributed by atoms with Crippen LogP contribution >= 0.6 is 12.2 Å². The topological polar surface area (TPSA) is 55.3 Å². The van der Waals surface area contributed by atoms with E-state index in [-0.39, 0.29) is 18.8 Å². The smallest absolute Gasteiger partial charge is 0.258 e. The van der Waals surface area contributed by atoms with E-state index in [1.165, 1.54) is 12.4 Å². The van der Waals surface area contributed by atoms with Crippen molar-refractivity contribution in [2.45, 2.75) is 6.42 Å². The van der Waals surface area contributed by atoms with Crippen LogP contribution in [0.3, 0.4) is 0 Å². The molecule has 6 heteroatoms. The third kappa shape index (κ3) is 3.90. The standard InChI is InChI=1S/C10H13N3O2S/c1-13(2)10(16)15-6-4-9(14)8-3-5-11-12-7-8/h3,5,7H,4,6H2,1-2H3. The van der Waals surface area contributed by atoms with Gasteiger partial charge in [-0.1, -0.05) is 0 Å². The van der Waals surface area contributed by atoms with Crippen LogP contribution in [0, 0.1) is 0 Å². The summed E-state index contributed by atoms with van der Waals surface area (Å²) < 4.78 is 5.20. The number of thiocarbonyl (C=S) groups is 1. The number of ether oxygens (including phenoxy) is 1. The zero-order valence-corrected chi connectivity index (χ0v) is 10.0. The van der Waals surface area contributed by atoms with Gasteiger partial charge in [-0.25, -0.2) is 0 Å². The molecule has 0 unspecified atom stereocenters. The number of rotatable bonds is 4. The molecule has 0 fully saturated rings. The molecule has 0 atom stereocenters. The first-order valence-electron chi connectivity index (χ1n) is 4.75. The zero-order chi connectivity index (χ0) is 12.0. The maximum absolute atomic E-state index is 11.6. The van der Waals surface area contributed by atoms with Gasteiger partial charge < -0.3 is 9.64 Å². The van der Waals surface area contributed by atoms with E-state index in [1.54, 1.807) is 25.1 Å². The van der Waals surface area contributed by atoms with Gasteiger partial charge in [-0.05, 0) is 18.3 Å². The summed E-state index contributed by atoms with van der Waals surface area (Å²) >= 11 is 4.92. The van der Waals surface area contributed by atoms with E-state index in [9.17, 15) is 4.79 Å². The van der Waals surface area contributed by atoms with Gasteiger partial charge in [0, 0.05) is 26.1 Å². The van der Waals surface area contributed by atoms with Crippen molar-refractivity contribution in [3.05, 3.63) is 24.0 Å². The molecule has 0 aliphatic heterocycles. The Morgan fingerprint density at radius 2 is 2.25 bits per heavy atom. The third-order valence-electron chi connectivity index (χ3n) is 1.83. The van der Waals surface area contributed by atoms with Gasteiger partial charge in [-0.2, -0.15) is 10.2 Å². The number of carbonyl (C=O) groups is 1. The average molecular weight is 239 g/mol. The van der Waals surface area contributed by atoms with Crippen molar-refractivity contribution in [2.24, 2.45) is 0 Å². The number of hydrogen-bond donors (Lipinski definition) is 0. The Bertz CT molecular complexity index is 368. The Kier molecular flexibility index (Phi) is 4.78. The largest absolute Gasteiger partial charge is 0.470 e. The fraction of sp³-hybridized carbons (Fsp3) is 0.400. The summed E-state index contributed by atoms with van der Waals surface area (Å²) in [7, 11) is 3.58. The van der Waals surface area contributed by atoms with Crippen molar-refractivity contribution < 1.29 is 9.53 Å². The Morgan fingerprint density at radius 1 is 1.50 bits per heavy atom. The lowest BCUT2D eigenvalue weighted by Crippen LogP contribution is -2.23. The molecule has 0 amide bonds. The summed E-state index contributed by atoms with van der Waals surface area (Å²) in [4.78, 5) is 13.3. The number of nitrogens with zero attached hydrogens (tertiary/aromatic N) is 3. The van der Waals surface area contributed by atoms with Gasteiger partial charge in [0.2, 0.25) is 0 Å². The maximum Gasteiger partial charge on any atom is 0.258 e. The minimum atomic E-state index is -0.0311. The highest BCUT2D eigenvalue weighted by atomic mass is 32.1. The van der Waals surface area contributed by atoms with Crippen LogP contribution in [0.15, 0.2) is 18.5 Å². The minimum Gasteiger partial charge on any atom is -0.470 e.